The van der Waals surface area contributed by atoms with Crippen LogP contribution in [0.5, 0.6) is 0 Å². The predicted molar refractivity (Wildman–Crippen MR) is 64.0 cm³/mol. The Balaban J connectivity index is 2.06. The van der Waals surface area contributed by atoms with Gasteiger partial charge in [0.1, 0.15) is 0 Å². The Morgan fingerprint density at radius 3 is 2.62 bits per heavy atom. The molecule has 0 spiro atoms. The van der Waals surface area contributed by atoms with Crippen LogP contribution < -0.4 is 0 Å². The van der Waals surface area contributed by atoms with E-state index in [1.807, 2.05) is 0 Å². The Morgan fingerprint density at radius 1 is 1.25 bits per heavy atom. The van der Waals surface area contributed by atoms with Crippen LogP contribution in [0.1, 0.15) is 26.6 Å². The zero-order chi connectivity index (χ0) is 11.5. The van der Waals surface area contributed by atoms with Crippen molar-refractivity contribution in [3.63, 3.8) is 0 Å². The van der Waals surface area contributed by atoms with Gasteiger partial charge in [0.25, 0.3) is 0 Å². The van der Waals surface area contributed by atoms with Gasteiger partial charge in [-0.25, -0.2) is 0 Å². The van der Waals surface area contributed by atoms with E-state index in [0.29, 0.717) is 4.88 Å². The summed E-state index contributed by atoms with van der Waals surface area (Å²) in [4.78, 5) is 23.8. The second-order valence-electron chi connectivity index (χ2n) is 3.10. The fourth-order valence-electron chi connectivity index (χ4n) is 1.22. The molecule has 0 fully saturated rings. The number of halogens is 1. The highest BCUT2D eigenvalue weighted by atomic mass is 79.9. The summed E-state index contributed by atoms with van der Waals surface area (Å²) in [6.07, 6.45) is 1.26. The van der Waals surface area contributed by atoms with Gasteiger partial charge in [0.05, 0.1) is 21.3 Å². The highest BCUT2D eigenvalue weighted by Gasteiger charge is 2.16. The highest BCUT2D eigenvalue weighted by molar-refractivity contribution is 9.11. The quantitative estimate of drug-likeness (QED) is 0.640. The van der Waals surface area contributed by atoms with Crippen molar-refractivity contribution >= 4 is 38.8 Å². The number of carbonyl (C=O) groups is 2. The molecule has 2 aromatic heterocycles. The first-order valence-electron chi connectivity index (χ1n) is 4.52. The standard InChI is InChI=1S/C11H7BrO3S/c12-11-4-3-10(16-11)8(14)6-7(13)9-2-1-5-15-9/h1-5H,6H2. The van der Waals surface area contributed by atoms with Crippen LogP contribution in [-0.4, -0.2) is 11.6 Å². The van der Waals surface area contributed by atoms with E-state index < -0.39 is 0 Å². The van der Waals surface area contributed by atoms with Crippen LogP contribution in [-0.2, 0) is 0 Å². The number of ketones is 2. The summed E-state index contributed by atoms with van der Waals surface area (Å²) in [5.41, 5.74) is 0. The number of thiophene rings is 1. The van der Waals surface area contributed by atoms with Crippen molar-refractivity contribution < 1.29 is 14.0 Å². The van der Waals surface area contributed by atoms with E-state index >= 15 is 0 Å². The summed E-state index contributed by atoms with van der Waals surface area (Å²) >= 11 is 4.59. The maximum Gasteiger partial charge on any atom is 0.205 e. The molecule has 0 aliphatic rings. The van der Waals surface area contributed by atoms with Gasteiger partial charge < -0.3 is 4.42 Å². The molecule has 0 saturated carbocycles. The number of furan rings is 1. The Morgan fingerprint density at radius 2 is 2.06 bits per heavy atom. The topological polar surface area (TPSA) is 47.3 Å². The van der Waals surface area contributed by atoms with Crippen LogP contribution in [0.4, 0.5) is 0 Å². The average molecular weight is 299 g/mol. The molecule has 3 nitrogen and oxygen atoms in total. The van der Waals surface area contributed by atoms with Crippen molar-refractivity contribution in [2.75, 3.05) is 0 Å². The first kappa shape index (κ1) is 11.3. The molecule has 2 rings (SSSR count). The highest BCUT2D eigenvalue weighted by Crippen LogP contribution is 2.23. The fraction of sp³-hybridized carbons (Fsp3) is 0.0909. The van der Waals surface area contributed by atoms with Crippen LogP contribution in [0, 0.1) is 0 Å². The third-order valence-electron chi connectivity index (χ3n) is 1.97. The normalized spacial score (nSPS) is 10.3. The molecule has 5 heteroatoms. The summed E-state index contributed by atoms with van der Waals surface area (Å²) in [6.45, 7) is 0. The lowest BCUT2D eigenvalue weighted by atomic mass is 10.1. The van der Waals surface area contributed by atoms with Crippen LogP contribution in [0.25, 0.3) is 0 Å². The van der Waals surface area contributed by atoms with Gasteiger partial charge in [-0.15, -0.1) is 11.3 Å². The lowest BCUT2D eigenvalue weighted by Gasteiger charge is -1.94. The van der Waals surface area contributed by atoms with E-state index in [-0.39, 0.29) is 23.7 Å². The minimum Gasteiger partial charge on any atom is -0.461 e. The van der Waals surface area contributed by atoms with Gasteiger partial charge in [-0.05, 0) is 40.2 Å². The molecule has 0 saturated heterocycles. The Hall–Kier alpha value is -1.20. The van der Waals surface area contributed by atoms with Crippen LogP contribution in [0.15, 0.2) is 38.7 Å². The molecule has 2 heterocycles. The molecule has 0 aliphatic carbocycles. The number of hydrogen-bond donors (Lipinski definition) is 0. The van der Waals surface area contributed by atoms with Gasteiger partial charge in [-0.3, -0.25) is 9.59 Å². The lowest BCUT2D eigenvalue weighted by molar-refractivity contribution is 0.0880. The zero-order valence-electron chi connectivity index (χ0n) is 8.10. The fourth-order valence-corrected chi connectivity index (χ4v) is 2.55. The first-order chi connectivity index (χ1) is 7.66. The SMILES string of the molecule is O=C(CC(=O)c1ccc(Br)s1)c1ccco1. The molecular formula is C11H7BrO3S. The molecule has 16 heavy (non-hydrogen) atoms. The largest absolute Gasteiger partial charge is 0.461 e. The van der Waals surface area contributed by atoms with E-state index in [4.69, 9.17) is 4.42 Å². The molecule has 0 unspecified atom stereocenters. The van der Waals surface area contributed by atoms with Crippen molar-refractivity contribution in [2.45, 2.75) is 6.42 Å². The molecule has 0 radical (unpaired) electrons. The van der Waals surface area contributed by atoms with Crippen molar-refractivity contribution in [3.8, 4) is 0 Å². The summed E-state index contributed by atoms with van der Waals surface area (Å²) in [7, 11) is 0. The van der Waals surface area contributed by atoms with Crippen molar-refractivity contribution in [1.82, 2.24) is 0 Å². The Labute approximate surface area is 104 Å². The monoisotopic (exact) mass is 298 g/mol. The van der Waals surface area contributed by atoms with Crippen molar-refractivity contribution in [3.05, 3.63) is 45.0 Å². The third kappa shape index (κ3) is 2.48. The molecule has 0 bridgehead atoms. The van der Waals surface area contributed by atoms with Gasteiger partial charge in [0.15, 0.2) is 11.5 Å². The number of Topliss-reactive ketones (excluding diaryl/α,β-unsaturated/α-hetero) is 2. The molecule has 0 aromatic carbocycles. The molecule has 82 valence electrons. The first-order valence-corrected chi connectivity index (χ1v) is 6.13. The minimum absolute atomic E-state index is 0.152. The second-order valence-corrected chi connectivity index (χ2v) is 5.57. The van der Waals surface area contributed by atoms with Crippen LogP contribution in [0.2, 0.25) is 0 Å². The third-order valence-corrected chi connectivity index (χ3v) is 3.63. The number of hydrogen-bond acceptors (Lipinski definition) is 4. The molecular weight excluding hydrogens is 292 g/mol. The minimum atomic E-state index is -0.292. The smallest absolute Gasteiger partial charge is 0.205 e. The van der Waals surface area contributed by atoms with E-state index in [1.54, 1.807) is 24.3 Å². The summed E-state index contributed by atoms with van der Waals surface area (Å²) in [5.74, 6) is -0.249. The molecule has 0 atom stereocenters. The van der Waals surface area contributed by atoms with E-state index in [0.717, 1.165) is 3.79 Å². The lowest BCUT2D eigenvalue weighted by Crippen LogP contribution is -2.06. The predicted octanol–water partition coefficient (Wildman–Crippen LogP) is 3.56. The number of rotatable bonds is 4. The molecule has 0 aliphatic heterocycles. The molecule has 0 N–H and O–H groups in total. The molecule has 2 aromatic rings. The molecule has 0 amide bonds. The van der Waals surface area contributed by atoms with Crippen molar-refractivity contribution in [2.24, 2.45) is 0 Å². The van der Waals surface area contributed by atoms with Gasteiger partial charge in [0.2, 0.25) is 5.78 Å². The number of carbonyl (C=O) groups excluding carboxylic acids is 2. The average Bonchev–Trinajstić information content (AvgIpc) is 2.87. The summed E-state index contributed by atoms with van der Waals surface area (Å²) in [5, 5.41) is 0. The van der Waals surface area contributed by atoms with Gasteiger partial charge in [-0.2, -0.15) is 0 Å². The van der Waals surface area contributed by atoms with Gasteiger partial charge in [0, 0.05) is 0 Å². The van der Waals surface area contributed by atoms with Crippen LogP contribution in [0.3, 0.4) is 0 Å². The maximum absolute atomic E-state index is 11.7. The van der Waals surface area contributed by atoms with E-state index in [1.165, 1.54) is 17.6 Å². The Kier molecular flexibility index (Phi) is 3.36. The van der Waals surface area contributed by atoms with E-state index in [2.05, 4.69) is 15.9 Å². The maximum atomic E-state index is 11.7. The van der Waals surface area contributed by atoms with Crippen LogP contribution >= 0.6 is 27.3 Å². The van der Waals surface area contributed by atoms with Gasteiger partial charge >= 0.3 is 0 Å². The summed E-state index contributed by atoms with van der Waals surface area (Å²) in [6, 6.07) is 6.67. The Bertz CT molecular complexity index is 513. The van der Waals surface area contributed by atoms with E-state index in [9.17, 15) is 9.59 Å². The zero-order valence-corrected chi connectivity index (χ0v) is 10.5. The summed E-state index contributed by atoms with van der Waals surface area (Å²) < 4.78 is 5.81. The van der Waals surface area contributed by atoms with Gasteiger partial charge in [-0.1, -0.05) is 0 Å². The van der Waals surface area contributed by atoms with Crippen molar-refractivity contribution in [1.29, 1.82) is 0 Å². The second kappa shape index (κ2) is 4.76.